The Hall–Kier alpha value is -1.80. The first-order chi connectivity index (χ1) is 11.8. The summed E-state index contributed by atoms with van der Waals surface area (Å²) in [5.41, 5.74) is 0.766. The molecule has 0 bridgehead atoms. The van der Waals surface area contributed by atoms with Gasteiger partial charge in [0.25, 0.3) is 0 Å². The molecule has 25 heavy (non-hydrogen) atoms. The van der Waals surface area contributed by atoms with Crippen molar-refractivity contribution < 1.29 is 12.8 Å². The SMILES string of the molecule is CC(C)S(=O)(=O)N[C@H]1CC[C@H](c2nc(-c3ccc(F)cc3)n[nH]2)CC1. The molecule has 6 nitrogen and oxygen atoms in total. The van der Waals surface area contributed by atoms with E-state index < -0.39 is 15.3 Å². The largest absolute Gasteiger partial charge is 0.262 e. The predicted octanol–water partition coefficient (Wildman–Crippen LogP) is 2.96. The molecule has 0 radical (unpaired) electrons. The average Bonchev–Trinajstić information content (AvgIpc) is 3.06. The fourth-order valence-electron chi connectivity index (χ4n) is 3.04. The molecule has 0 saturated heterocycles. The van der Waals surface area contributed by atoms with Crippen molar-refractivity contribution in [1.29, 1.82) is 0 Å². The van der Waals surface area contributed by atoms with Gasteiger partial charge in [0.1, 0.15) is 11.6 Å². The first-order valence-electron chi connectivity index (χ1n) is 8.54. The second-order valence-electron chi connectivity index (χ2n) is 6.81. The van der Waals surface area contributed by atoms with E-state index in [0.717, 1.165) is 37.1 Å². The topological polar surface area (TPSA) is 87.7 Å². The lowest BCUT2D eigenvalue weighted by molar-refractivity contribution is 0.365. The van der Waals surface area contributed by atoms with E-state index in [9.17, 15) is 12.8 Å². The smallest absolute Gasteiger partial charge is 0.214 e. The van der Waals surface area contributed by atoms with Gasteiger partial charge in [0, 0.05) is 17.5 Å². The van der Waals surface area contributed by atoms with Gasteiger partial charge in [-0.05, 0) is 63.8 Å². The summed E-state index contributed by atoms with van der Waals surface area (Å²) in [6, 6.07) is 6.07. The Balaban J connectivity index is 1.61. The first-order valence-corrected chi connectivity index (χ1v) is 10.1. The number of aromatic nitrogens is 3. The molecule has 1 aliphatic rings. The maximum atomic E-state index is 13.0. The van der Waals surface area contributed by atoms with Crippen molar-refractivity contribution in [1.82, 2.24) is 19.9 Å². The summed E-state index contributed by atoms with van der Waals surface area (Å²) in [7, 11) is -3.23. The van der Waals surface area contributed by atoms with Crippen molar-refractivity contribution in [2.75, 3.05) is 0 Å². The molecule has 1 aromatic heterocycles. The van der Waals surface area contributed by atoms with Crippen molar-refractivity contribution in [3.8, 4) is 11.4 Å². The number of hydrogen-bond acceptors (Lipinski definition) is 4. The summed E-state index contributed by atoms with van der Waals surface area (Å²) in [6.45, 7) is 3.36. The number of benzene rings is 1. The Morgan fingerprint density at radius 3 is 2.40 bits per heavy atom. The third kappa shape index (κ3) is 4.24. The zero-order chi connectivity index (χ0) is 18.0. The zero-order valence-corrected chi connectivity index (χ0v) is 15.2. The maximum absolute atomic E-state index is 13.0. The van der Waals surface area contributed by atoms with Crippen LogP contribution in [0.4, 0.5) is 4.39 Å². The Labute approximate surface area is 147 Å². The van der Waals surface area contributed by atoms with Gasteiger partial charge in [-0.2, -0.15) is 5.10 Å². The standard InChI is InChI=1S/C17H23FN4O2S/c1-11(2)25(23,24)22-15-9-5-13(6-10-15)17-19-16(20-21-17)12-3-7-14(18)8-4-12/h3-4,7-8,11,13,15,22H,5-6,9-10H2,1-2H3,(H,19,20,21)/t13-,15-. The first kappa shape index (κ1) is 18.0. The maximum Gasteiger partial charge on any atom is 0.214 e. The highest BCUT2D eigenvalue weighted by molar-refractivity contribution is 7.90. The van der Waals surface area contributed by atoms with Gasteiger partial charge >= 0.3 is 0 Å². The van der Waals surface area contributed by atoms with Gasteiger partial charge in [0.2, 0.25) is 10.0 Å². The van der Waals surface area contributed by atoms with Crippen LogP contribution in [0.1, 0.15) is 51.3 Å². The van der Waals surface area contributed by atoms with Gasteiger partial charge in [0.15, 0.2) is 5.82 Å². The second kappa shape index (κ2) is 7.21. The molecule has 1 aromatic carbocycles. The van der Waals surface area contributed by atoms with E-state index in [2.05, 4.69) is 19.9 Å². The molecule has 8 heteroatoms. The normalized spacial score (nSPS) is 21.6. The molecule has 0 unspecified atom stereocenters. The summed E-state index contributed by atoms with van der Waals surface area (Å²) in [4.78, 5) is 4.53. The van der Waals surface area contributed by atoms with E-state index >= 15 is 0 Å². The summed E-state index contributed by atoms with van der Waals surface area (Å²) in [5.74, 6) is 1.31. The van der Waals surface area contributed by atoms with Crippen LogP contribution < -0.4 is 4.72 Å². The van der Waals surface area contributed by atoms with Crippen LogP contribution >= 0.6 is 0 Å². The third-order valence-electron chi connectivity index (χ3n) is 4.67. The van der Waals surface area contributed by atoms with Crippen LogP contribution in [0.5, 0.6) is 0 Å². The Bertz CT molecular complexity index is 809. The van der Waals surface area contributed by atoms with Crippen LogP contribution in [0.3, 0.4) is 0 Å². The van der Waals surface area contributed by atoms with Crippen molar-refractivity contribution in [3.63, 3.8) is 0 Å². The zero-order valence-electron chi connectivity index (χ0n) is 14.4. The summed E-state index contributed by atoms with van der Waals surface area (Å²) >= 11 is 0. The molecule has 0 atom stereocenters. The van der Waals surface area contributed by atoms with Gasteiger partial charge in [-0.1, -0.05) is 0 Å². The van der Waals surface area contributed by atoms with Gasteiger partial charge < -0.3 is 0 Å². The number of sulfonamides is 1. The minimum atomic E-state index is -3.23. The van der Waals surface area contributed by atoms with Crippen molar-refractivity contribution in [3.05, 3.63) is 35.9 Å². The lowest BCUT2D eigenvalue weighted by Gasteiger charge is -2.28. The van der Waals surface area contributed by atoms with E-state index in [-0.39, 0.29) is 17.8 Å². The molecule has 1 heterocycles. The van der Waals surface area contributed by atoms with E-state index in [0.29, 0.717) is 5.82 Å². The fraction of sp³-hybridized carbons (Fsp3) is 0.529. The third-order valence-corrected chi connectivity index (χ3v) is 6.57. The van der Waals surface area contributed by atoms with E-state index in [1.807, 2.05) is 0 Å². The van der Waals surface area contributed by atoms with Crippen LogP contribution in [-0.4, -0.2) is 34.9 Å². The Morgan fingerprint density at radius 2 is 1.80 bits per heavy atom. The van der Waals surface area contributed by atoms with Crippen molar-refractivity contribution in [2.45, 2.75) is 56.7 Å². The Morgan fingerprint density at radius 1 is 1.16 bits per heavy atom. The molecule has 0 amide bonds. The van der Waals surface area contributed by atoms with Gasteiger partial charge in [-0.15, -0.1) is 0 Å². The van der Waals surface area contributed by atoms with Crippen LogP contribution in [0.25, 0.3) is 11.4 Å². The van der Waals surface area contributed by atoms with E-state index in [4.69, 9.17) is 0 Å². The number of rotatable bonds is 5. The second-order valence-corrected chi connectivity index (χ2v) is 9.08. The van der Waals surface area contributed by atoms with Crippen molar-refractivity contribution in [2.24, 2.45) is 0 Å². The van der Waals surface area contributed by atoms with Crippen LogP contribution in [-0.2, 0) is 10.0 Å². The average molecular weight is 366 g/mol. The molecule has 136 valence electrons. The Kier molecular flexibility index (Phi) is 5.19. The lowest BCUT2D eigenvalue weighted by Crippen LogP contribution is -2.40. The molecular formula is C17H23FN4O2S. The van der Waals surface area contributed by atoms with E-state index in [1.165, 1.54) is 12.1 Å². The fourth-order valence-corrected chi connectivity index (χ4v) is 4.01. The summed E-state index contributed by atoms with van der Waals surface area (Å²) in [5, 5.41) is 6.78. The molecule has 2 aromatic rings. The van der Waals surface area contributed by atoms with Crippen LogP contribution in [0, 0.1) is 5.82 Å². The number of aromatic amines is 1. The molecule has 1 fully saturated rings. The van der Waals surface area contributed by atoms with Crippen LogP contribution in [0.15, 0.2) is 24.3 Å². The van der Waals surface area contributed by atoms with Crippen molar-refractivity contribution >= 4 is 10.0 Å². The molecule has 1 aliphatic carbocycles. The number of nitrogens with one attached hydrogen (secondary N) is 2. The minimum absolute atomic E-state index is 0.0110. The predicted molar refractivity (Wildman–Crippen MR) is 94.0 cm³/mol. The quantitative estimate of drug-likeness (QED) is 0.852. The molecule has 3 rings (SSSR count). The molecule has 0 aliphatic heterocycles. The number of hydrogen-bond donors (Lipinski definition) is 2. The number of H-pyrrole nitrogens is 1. The van der Waals surface area contributed by atoms with Gasteiger partial charge in [-0.25, -0.2) is 22.5 Å². The number of halogens is 1. The van der Waals surface area contributed by atoms with E-state index in [1.54, 1.807) is 26.0 Å². The lowest BCUT2D eigenvalue weighted by atomic mass is 9.86. The molecule has 0 spiro atoms. The molecular weight excluding hydrogens is 343 g/mol. The highest BCUT2D eigenvalue weighted by atomic mass is 32.2. The number of nitrogens with zero attached hydrogens (tertiary/aromatic N) is 2. The monoisotopic (exact) mass is 366 g/mol. The van der Waals surface area contributed by atoms with Gasteiger partial charge in [0.05, 0.1) is 5.25 Å². The highest BCUT2D eigenvalue weighted by Gasteiger charge is 2.28. The highest BCUT2D eigenvalue weighted by Crippen LogP contribution is 2.32. The van der Waals surface area contributed by atoms with Gasteiger partial charge in [-0.3, -0.25) is 5.10 Å². The summed E-state index contributed by atoms with van der Waals surface area (Å²) < 4.78 is 39.7. The van der Waals surface area contributed by atoms with Crippen LogP contribution in [0.2, 0.25) is 0 Å². The minimum Gasteiger partial charge on any atom is -0.262 e. The molecule has 2 N–H and O–H groups in total. The molecule has 1 saturated carbocycles. The summed E-state index contributed by atoms with van der Waals surface area (Å²) in [6.07, 6.45) is 3.26.